The molecule has 0 bridgehead atoms. The van der Waals surface area contributed by atoms with Gasteiger partial charge in [-0.05, 0) is 49.4 Å². The molecule has 1 aromatic rings. The molecule has 0 spiro atoms. The van der Waals surface area contributed by atoms with Crippen molar-refractivity contribution < 1.29 is 4.74 Å². The molecule has 1 heterocycles. The molecule has 0 saturated carbocycles. The number of rotatable bonds is 2. The Labute approximate surface area is 98.0 Å². The molecule has 0 fully saturated rings. The summed E-state index contributed by atoms with van der Waals surface area (Å²) in [7, 11) is 0. The van der Waals surface area contributed by atoms with Crippen molar-refractivity contribution in [2.75, 3.05) is 11.9 Å². The second kappa shape index (κ2) is 4.36. The molecule has 0 aliphatic carbocycles. The van der Waals surface area contributed by atoms with E-state index in [4.69, 9.17) is 4.74 Å². The van der Waals surface area contributed by atoms with E-state index in [-0.39, 0.29) is 6.10 Å². The zero-order valence-electron chi connectivity index (χ0n) is 10.6. The number of ether oxygens (including phenoxy) is 1. The first kappa shape index (κ1) is 11.3. The fourth-order valence-electron chi connectivity index (χ4n) is 2.18. The predicted octanol–water partition coefficient (Wildman–Crippen LogP) is 3.64. The molecule has 1 aliphatic heterocycles. The van der Waals surface area contributed by atoms with Crippen molar-refractivity contribution in [1.29, 1.82) is 0 Å². The first-order valence-electron chi connectivity index (χ1n) is 6.12. The molecule has 0 aromatic heterocycles. The normalized spacial score (nSPS) is 23.8. The van der Waals surface area contributed by atoms with Crippen molar-refractivity contribution in [3.05, 3.63) is 23.8 Å². The average Bonchev–Trinajstić information content (AvgIpc) is 2.23. The van der Waals surface area contributed by atoms with Gasteiger partial charge in [-0.3, -0.25) is 0 Å². The lowest BCUT2D eigenvalue weighted by Crippen LogP contribution is -2.24. The van der Waals surface area contributed by atoms with E-state index in [0.717, 1.165) is 12.3 Å². The molecule has 0 amide bonds. The van der Waals surface area contributed by atoms with Gasteiger partial charge in [0.15, 0.2) is 0 Å². The van der Waals surface area contributed by atoms with Crippen LogP contribution in [-0.2, 0) is 0 Å². The zero-order chi connectivity index (χ0) is 11.7. The van der Waals surface area contributed by atoms with E-state index in [1.54, 1.807) is 0 Å². The van der Waals surface area contributed by atoms with Crippen LogP contribution in [0, 0.1) is 5.92 Å². The molecule has 1 aromatic carbocycles. The lowest BCUT2D eigenvalue weighted by atomic mass is 9.85. The zero-order valence-corrected chi connectivity index (χ0v) is 10.6. The van der Waals surface area contributed by atoms with Crippen LogP contribution in [0.2, 0.25) is 0 Å². The van der Waals surface area contributed by atoms with Crippen molar-refractivity contribution in [3.8, 4) is 5.75 Å². The van der Waals surface area contributed by atoms with Crippen molar-refractivity contribution in [3.63, 3.8) is 0 Å². The topological polar surface area (TPSA) is 21.3 Å². The van der Waals surface area contributed by atoms with E-state index in [9.17, 15) is 0 Å². The molecule has 2 nitrogen and oxygen atoms in total. The Kier molecular flexibility index (Phi) is 3.08. The third kappa shape index (κ3) is 2.16. The second-order valence-electron chi connectivity index (χ2n) is 5.06. The summed E-state index contributed by atoms with van der Waals surface area (Å²) in [5.74, 6) is 2.27. The molecule has 2 heteroatoms. The first-order chi connectivity index (χ1) is 7.58. The molecular formula is C14H21NO. The van der Waals surface area contributed by atoms with Gasteiger partial charge in [0, 0.05) is 12.2 Å². The molecule has 2 unspecified atom stereocenters. The van der Waals surface area contributed by atoms with Gasteiger partial charge in [-0.15, -0.1) is 0 Å². The van der Waals surface area contributed by atoms with Crippen LogP contribution >= 0.6 is 0 Å². The second-order valence-corrected chi connectivity index (χ2v) is 5.06. The molecule has 2 atom stereocenters. The van der Waals surface area contributed by atoms with Gasteiger partial charge in [0.05, 0.1) is 6.10 Å². The summed E-state index contributed by atoms with van der Waals surface area (Å²) in [6, 6.07) is 6.37. The Morgan fingerprint density at radius 3 is 2.75 bits per heavy atom. The summed E-state index contributed by atoms with van der Waals surface area (Å²) in [4.78, 5) is 0. The SMILES string of the molecule is CC(C)Oc1ccc2c(c1)C(C)C(C)CN2. The van der Waals surface area contributed by atoms with Crippen LogP contribution in [0.4, 0.5) is 5.69 Å². The summed E-state index contributed by atoms with van der Waals surface area (Å²) in [6.45, 7) is 9.77. The number of anilines is 1. The maximum Gasteiger partial charge on any atom is 0.120 e. The van der Waals surface area contributed by atoms with E-state index < -0.39 is 0 Å². The molecular weight excluding hydrogens is 198 g/mol. The highest BCUT2D eigenvalue weighted by Crippen LogP contribution is 2.36. The van der Waals surface area contributed by atoms with Crippen molar-refractivity contribution >= 4 is 5.69 Å². The molecule has 88 valence electrons. The van der Waals surface area contributed by atoms with Crippen LogP contribution in [0.5, 0.6) is 5.75 Å². The molecule has 16 heavy (non-hydrogen) atoms. The van der Waals surface area contributed by atoms with Crippen molar-refractivity contribution in [2.24, 2.45) is 5.92 Å². The standard InChI is InChI=1S/C14H21NO/c1-9(2)16-12-5-6-14-13(7-12)11(4)10(3)8-15-14/h5-7,9-11,15H,8H2,1-4H3. The summed E-state index contributed by atoms with van der Waals surface area (Å²) in [6.07, 6.45) is 0.238. The molecule has 2 rings (SSSR count). The summed E-state index contributed by atoms with van der Waals surface area (Å²) >= 11 is 0. The van der Waals surface area contributed by atoms with Crippen LogP contribution in [0.3, 0.4) is 0 Å². The Morgan fingerprint density at radius 2 is 2.06 bits per heavy atom. The minimum absolute atomic E-state index is 0.238. The highest BCUT2D eigenvalue weighted by molar-refractivity contribution is 5.57. The summed E-state index contributed by atoms with van der Waals surface area (Å²) < 4.78 is 5.74. The molecule has 1 N–H and O–H groups in total. The van der Waals surface area contributed by atoms with Crippen LogP contribution < -0.4 is 10.1 Å². The van der Waals surface area contributed by atoms with E-state index in [0.29, 0.717) is 11.8 Å². The van der Waals surface area contributed by atoms with E-state index in [1.165, 1.54) is 11.3 Å². The Bertz CT molecular complexity index is 373. The van der Waals surface area contributed by atoms with E-state index >= 15 is 0 Å². The summed E-state index contributed by atoms with van der Waals surface area (Å²) in [5.41, 5.74) is 2.65. The highest BCUT2D eigenvalue weighted by Gasteiger charge is 2.22. The van der Waals surface area contributed by atoms with Crippen molar-refractivity contribution in [1.82, 2.24) is 0 Å². The minimum Gasteiger partial charge on any atom is -0.491 e. The molecule has 0 saturated heterocycles. The quantitative estimate of drug-likeness (QED) is 0.820. The Balaban J connectivity index is 2.29. The lowest BCUT2D eigenvalue weighted by Gasteiger charge is -2.30. The van der Waals surface area contributed by atoms with Gasteiger partial charge in [0.25, 0.3) is 0 Å². The Hall–Kier alpha value is -1.18. The fourth-order valence-corrected chi connectivity index (χ4v) is 2.18. The molecule has 1 aliphatic rings. The van der Waals surface area contributed by atoms with Crippen LogP contribution in [0.25, 0.3) is 0 Å². The van der Waals surface area contributed by atoms with Gasteiger partial charge >= 0.3 is 0 Å². The summed E-state index contributed by atoms with van der Waals surface area (Å²) in [5, 5.41) is 3.47. The van der Waals surface area contributed by atoms with Gasteiger partial charge in [0.1, 0.15) is 5.75 Å². The minimum atomic E-state index is 0.238. The van der Waals surface area contributed by atoms with Crippen molar-refractivity contribution in [2.45, 2.75) is 39.7 Å². The third-order valence-electron chi connectivity index (χ3n) is 3.35. The first-order valence-corrected chi connectivity index (χ1v) is 6.12. The van der Waals surface area contributed by atoms with E-state index in [1.807, 2.05) is 0 Å². The number of benzene rings is 1. The largest absolute Gasteiger partial charge is 0.491 e. The van der Waals surface area contributed by atoms with E-state index in [2.05, 4.69) is 51.2 Å². The van der Waals surface area contributed by atoms with Crippen LogP contribution in [0.15, 0.2) is 18.2 Å². The number of fused-ring (bicyclic) bond motifs is 1. The van der Waals surface area contributed by atoms with Gasteiger partial charge in [-0.25, -0.2) is 0 Å². The van der Waals surface area contributed by atoms with Gasteiger partial charge < -0.3 is 10.1 Å². The van der Waals surface area contributed by atoms with Gasteiger partial charge in [0.2, 0.25) is 0 Å². The average molecular weight is 219 g/mol. The van der Waals surface area contributed by atoms with Crippen LogP contribution in [-0.4, -0.2) is 12.6 Å². The smallest absolute Gasteiger partial charge is 0.120 e. The van der Waals surface area contributed by atoms with Gasteiger partial charge in [-0.1, -0.05) is 13.8 Å². The maximum atomic E-state index is 5.74. The number of nitrogens with one attached hydrogen (secondary N) is 1. The number of hydrogen-bond donors (Lipinski definition) is 1. The monoisotopic (exact) mass is 219 g/mol. The fraction of sp³-hybridized carbons (Fsp3) is 0.571. The third-order valence-corrected chi connectivity index (χ3v) is 3.35. The van der Waals surface area contributed by atoms with Gasteiger partial charge in [-0.2, -0.15) is 0 Å². The lowest BCUT2D eigenvalue weighted by molar-refractivity contribution is 0.242. The highest BCUT2D eigenvalue weighted by atomic mass is 16.5. The Morgan fingerprint density at radius 1 is 1.31 bits per heavy atom. The predicted molar refractivity (Wildman–Crippen MR) is 68.3 cm³/mol. The molecule has 0 radical (unpaired) electrons. The number of hydrogen-bond acceptors (Lipinski definition) is 2. The van der Waals surface area contributed by atoms with Crippen LogP contribution in [0.1, 0.15) is 39.2 Å². The maximum absolute atomic E-state index is 5.74.